The lowest BCUT2D eigenvalue weighted by molar-refractivity contribution is 0.140. The van der Waals surface area contributed by atoms with E-state index < -0.39 is 0 Å². The second kappa shape index (κ2) is 5.31. The number of benzene rings is 1. The number of nitrogens with zero attached hydrogens (tertiary/aromatic N) is 2. The van der Waals surface area contributed by atoms with Gasteiger partial charge in [0.25, 0.3) is 0 Å². The van der Waals surface area contributed by atoms with E-state index in [1.54, 1.807) is 0 Å². The SMILES string of the molecule is CC1(C)COc2cc(Br)c(-c3noc(CN)n3)cc2OC1. The zero-order valence-electron chi connectivity index (χ0n) is 11.9. The minimum absolute atomic E-state index is 0.0372. The Labute approximate surface area is 130 Å². The average molecular weight is 354 g/mol. The first-order chi connectivity index (χ1) is 9.98. The predicted octanol–water partition coefficient (Wildman–Crippen LogP) is 2.76. The van der Waals surface area contributed by atoms with Crippen LogP contribution in [0.2, 0.25) is 0 Å². The third-order valence-corrected chi connectivity index (χ3v) is 3.81. The van der Waals surface area contributed by atoms with E-state index in [1.165, 1.54) is 0 Å². The molecule has 1 aliphatic heterocycles. The van der Waals surface area contributed by atoms with Crippen LogP contribution in [0, 0.1) is 5.41 Å². The smallest absolute Gasteiger partial charge is 0.240 e. The van der Waals surface area contributed by atoms with Gasteiger partial charge in [0.1, 0.15) is 0 Å². The highest BCUT2D eigenvalue weighted by Crippen LogP contribution is 2.40. The first kappa shape index (κ1) is 14.3. The van der Waals surface area contributed by atoms with Crippen LogP contribution in [0.5, 0.6) is 11.5 Å². The van der Waals surface area contributed by atoms with Crippen molar-refractivity contribution in [2.24, 2.45) is 11.1 Å². The van der Waals surface area contributed by atoms with Gasteiger partial charge in [-0.25, -0.2) is 0 Å². The Kier molecular flexibility index (Phi) is 3.62. The van der Waals surface area contributed by atoms with Crippen LogP contribution in [-0.4, -0.2) is 23.4 Å². The molecule has 0 spiro atoms. The number of rotatable bonds is 2. The van der Waals surface area contributed by atoms with E-state index in [1.807, 2.05) is 12.1 Å². The van der Waals surface area contributed by atoms with E-state index in [4.69, 9.17) is 19.7 Å². The van der Waals surface area contributed by atoms with Crippen molar-refractivity contribution in [1.82, 2.24) is 10.1 Å². The van der Waals surface area contributed by atoms with Crippen LogP contribution in [0.4, 0.5) is 0 Å². The van der Waals surface area contributed by atoms with Gasteiger partial charge in [0.05, 0.1) is 19.8 Å². The minimum atomic E-state index is -0.0372. The summed E-state index contributed by atoms with van der Waals surface area (Å²) < 4.78 is 17.5. The van der Waals surface area contributed by atoms with Crippen LogP contribution in [-0.2, 0) is 6.54 Å². The van der Waals surface area contributed by atoms with Gasteiger partial charge in [-0.05, 0) is 28.1 Å². The van der Waals surface area contributed by atoms with Gasteiger partial charge in [-0.1, -0.05) is 19.0 Å². The van der Waals surface area contributed by atoms with Gasteiger partial charge in [0, 0.05) is 15.5 Å². The van der Waals surface area contributed by atoms with Crippen molar-refractivity contribution in [3.05, 3.63) is 22.5 Å². The Morgan fingerprint density at radius 1 is 1.24 bits per heavy atom. The molecule has 6 nitrogen and oxygen atoms in total. The number of nitrogens with two attached hydrogens (primary N) is 1. The third kappa shape index (κ3) is 2.89. The third-order valence-electron chi connectivity index (χ3n) is 3.15. The fourth-order valence-electron chi connectivity index (χ4n) is 1.97. The quantitative estimate of drug-likeness (QED) is 0.893. The summed E-state index contributed by atoms with van der Waals surface area (Å²) in [7, 11) is 0. The summed E-state index contributed by atoms with van der Waals surface area (Å²) in [5, 5.41) is 3.93. The molecule has 3 rings (SSSR count). The molecule has 2 aromatic rings. The number of hydrogen-bond acceptors (Lipinski definition) is 6. The van der Waals surface area contributed by atoms with Crippen LogP contribution in [0.1, 0.15) is 19.7 Å². The van der Waals surface area contributed by atoms with Crippen molar-refractivity contribution in [2.75, 3.05) is 13.2 Å². The molecule has 0 bridgehead atoms. The van der Waals surface area contributed by atoms with Gasteiger partial charge in [-0.2, -0.15) is 4.98 Å². The van der Waals surface area contributed by atoms with Gasteiger partial charge >= 0.3 is 0 Å². The monoisotopic (exact) mass is 353 g/mol. The standard InChI is InChI=1S/C14H16BrN3O3/c1-14(2)6-19-10-3-8(9(15)4-11(10)20-7-14)13-17-12(5-16)21-18-13/h3-4H,5-7,16H2,1-2H3. The molecule has 0 saturated heterocycles. The molecule has 0 radical (unpaired) electrons. The molecule has 0 atom stereocenters. The van der Waals surface area contributed by atoms with Gasteiger partial charge in [-0.15, -0.1) is 0 Å². The number of halogens is 1. The van der Waals surface area contributed by atoms with Gasteiger partial charge in [0.15, 0.2) is 11.5 Å². The molecule has 1 aromatic heterocycles. The van der Waals surface area contributed by atoms with E-state index in [-0.39, 0.29) is 12.0 Å². The Morgan fingerprint density at radius 3 is 2.52 bits per heavy atom. The number of hydrogen-bond donors (Lipinski definition) is 1. The molecular weight excluding hydrogens is 338 g/mol. The summed E-state index contributed by atoms with van der Waals surface area (Å²) >= 11 is 3.51. The average Bonchev–Trinajstić information content (AvgIpc) is 2.87. The van der Waals surface area contributed by atoms with E-state index in [0.717, 1.165) is 10.0 Å². The molecule has 7 heteroatoms. The van der Waals surface area contributed by atoms with E-state index in [0.29, 0.717) is 36.4 Å². The topological polar surface area (TPSA) is 83.4 Å². The van der Waals surface area contributed by atoms with Crippen molar-refractivity contribution >= 4 is 15.9 Å². The van der Waals surface area contributed by atoms with Crippen LogP contribution in [0.3, 0.4) is 0 Å². The van der Waals surface area contributed by atoms with E-state index >= 15 is 0 Å². The van der Waals surface area contributed by atoms with Gasteiger partial charge in [-0.3, -0.25) is 0 Å². The van der Waals surface area contributed by atoms with Crippen LogP contribution >= 0.6 is 15.9 Å². The summed E-state index contributed by atoms with van der Waals surface area (Å²) in [6, 6.07) is 3.72. The fourth-order valence-corrected chi connectivity index (χ4v) is 2.47. The second-order valence-electron chi connectivity index (χ2n) is 5.74. The maximum absolute atomic E-state index is 5.86. The normalized spacial score (nSPS) is 16.6. The van der Waals surface area contributed by atoms with Gasteiger partial charge in [0.2, 0.25) is 11.7 Å². The molecule has 0 unspecified atom stereocenters. The molecule has 2 N–H and O–H groups in total. The lowest BCUT2D eigenvalue weighted by Gasteiger charge is -2.19. The van der Waals surface area contributed by atoms with E-state index in [2.05, 4.69) is 39.9 Å². The molecule has 2 heterocycles. The second-order valence-corrected chi connectivity index (χ2v) is 6.59. The zero-order valence-corrected chi connectivity index (χ0v) is 13.4. The van der Waals surface area contributed by atoms with Crippen molar-refractivity contribution in [2.45, 2.75) is 20.4 Å². The Bertz CT molecular complexity index is 669. The largest absolute Gasteiger partial charge is 0.489 e. The maximum atomic E-state index is 5.86. The maximum Gasteiger partial charge on any atom is 0.240 e. The number of aromatic nitrogens is 2. The van der Waals surface area contributed by atoms with Crippen molar-refractivity contribution in [1.29, 1.82) is 0 Å². The molecule has 21 heavy (non-hydrogen) atoms. The summed E-state index contributed by atoms with van der Waals surface area (Å²) in [5.41, 5.74) is 6.23. The Balaban J connectivity index is 1.99. The van der Waals surface area contributed by atoms with E-state index in [9.17, 15) is 0 Å². The Morgan fingerprint density at radius 2 is 1.90 bits per heavy atom. The Hall–Kier alpha value is -1.60. The van der Waals surface area contributed by atoms with Gasteiger partial charge < -0.3 is 19.7 Å². The summed E-state index contributed by atoms with van der Waals surface area (Å²) in [5.74, 6) is 2.25. The lowest BCUT2D eigenvalue weighted by Crippen LogP contribution is -2.26. The molecule has 0 saturated carbocycles. The molecule has 0 aliphatic carbocycles. The minimum Gasteiger partial charge on any atom is -0.489 e. The van der Waals surface area contributed by atoms with Crippen LogP contribution in [0.25, 0.3) is 11.4 Å². The van der Waals surface area contributed by atoms with Crippen molar-refractivity contribution < 1.29 is 14.0 Å². The highest BCUT2D eigenvalue weighted by Gasteiger charge is 2.26. The summed E-state index contributed by atoms with van der Waals surface area (Å²) in [6.07, 6.45) is 0. The molecule has 112 valence electrons. The fraction of sp³-hybridized carbons (Fsp3) is 0.429. The molecule has 0 amide bonds. The highest BCUT2D eigenvalue weighted by atomic mass is 79.9. The first-order valence-electron chi connectivity index (χ1n) is 6.61. The van der Waals surface area contributed by atoms with Crippen LogP contribution < -0.4 is 15.2 Å². The first-order valence-corrected chi connectivity index (χ1v) is 7.40. The number of fused-ring (bicyclic) bond motifs is 1. The predicted molar refractivity (Wildman–Crippen MR) is 80.1 cm³/mol. The molecule has 1 aromatic carbocycles. The highest BCUT2D eigenvalue weighted by molar-refractivity contribution is 9.10. The van der Waals surface area contributed by atoms with Crippen molar-refractivity contribution in [3.8, 4) is 22.9 Å². The molecule has 0 fully saturated rings. The van der Waals surface area contributed by atoms with Crippen LogP contribution in [0.15, 0.2) is 21.1 Å². The van der Waals surface area contributed by atoms with Crippen molar-refractivity contribution in [3.63, 3.8) is 0 Å². The molecular formula is C14H16BrN3O3. The summed E-state index contributed by atoms with van der Waals surface area (Å²) in [6.45, 7) is 5.60. The zero-order chi connectivity index (χ0) is 15.0. The molecule has 1 aliphatic rings. The summed E-state index contributed by atoms with van der Waals surface area (Å²) in [4.78, 5) is 4.23. The lowest BCUT2D eigenvalue weighted by atomic mass is 9.97. The number of ether oxygens (including phenoxy) is 2.